The van der Waals surface area contributed by atoms with Gasteiger partial charge in [-0.1, -0.05) is 18.0 Å². The lowest BCUT2D eigenvalue weighted by atomic mass is 9.98. The molecule has 1 heterocycles. The topological polar surface area (TPSA) is 236 Å². The smallest absolute Gasteiger partial charge is 0.342 e. The standard InChI is InChI=1S/C28H45FN7O10P/c1-18(26(39)45-20-9-5-3-6-10-20)33-47(42,34-19(2)27(40)46-21-11-7-4-8-12-21)44-17-22(37)24(29)25(43-16-14-31-35-30)36-15-13-23(38)32-28(36)41/h13,15,18-22,24-25,37H,3-12,14,16-17H2,1-2H3,(H,32,38,41)(H2,33,34,42)/t18?,19?,22-,24-,25-,47?/m1/s1. The molecule has 0 spiro atoms. The fraction of sp³-hybridized carbons (Fsp3) is 0.786. The SMILES string of the molecule is CC(NP(=O)(NC(C)C(=O)OC1CCCCC1)OC[C@@H](O)[C@@H](F)[C@@H](OCCN=[N+]=[N-])n1ccc(=O)[nH]c1=O)C(=O)OC1CCCCC1. The molecule has 17 nitrogen and oxygen atoms in total. The van der Waals surface area contributed by atoms with Crippen LogP contribution in [0.3, 0.4) is 0 Å². The van der Waals surface area contributed by atoms with E-state index in [1.165, 1.54) is 13.8 Å². The predicted molar refractivity (Wildman–Crippen MR) is 166 cm³/mol. The minimum atomic E-state index is -4.43. The predicted octanol–water partition coefficient (Wildman–Crippen LogP) is 2.89. The Morgan fingerprint density at radius 1 is 1.06 bits per heavy atom. The zero-order chi connectivity index (χ0) is 34.4. The highest BCUT2D eigenvalue weighted by molar-refractivity contribution is 7.54. The third-order valence-electron chi connectivity index (χ3n) is 7.84. The van der Waals surface area contributed by atoms with Gasteiger partial charge in [0.25, 0.3) is 5.56 Å². The first-order valence-electron chi connectivity index (χ1n) is 15.9. The van der Waals surface area contributed by atoms with Crippen molar-refractivity contribution in [1.82, 2.24) is 19.7 Å². The third kappa shape index (κ3) is 12.5. The van der Waals surface area contributed by atoms with E-state index < -0.39 is 68.1 Å². The summed E-state index contributed by atoms with van der Waals surface area (Å²) in [5.41, 5.74) is 6.70. The second-order valence-electron chi connectivity index (χ2n) is 11.7. The van der Waals surface area contributed by atoms with Gasteiger partial charge in [0.1, 0.15) is 30.4 Å². The molecule has 2 unspecified atom stereocenters. The Bertz CT molecular complexity index is 1330. The lowest BCUT2D eigenvalue weighted by molar-refractivity contribution is -0.152. The summed E-state index contributed by atoms with van der Waals surface area (Å²) in [6, 6.07) is -1.47. The van der Waals surface area contributed by atoms with Crippen LogP contribution in [0.5, 0.6) is 0 Å². The maximum absolute atomic E-state index is 15.7. The normalized spacial score (nSPS) is 20.5. The molecule has 1 aromatic rings. The number of azide groups is 1. The van der Waals surface area contributed by atoms with Crippen LogP contribution in [0.15, 0.2) is 27.0 Å². The summed E-state index contributed by atoms with van der Waals surface area (Å²) < 4.78 is 52.4. The highest BCUT2D eigenvalue weighted by Crippen LogP contribution is 2.40. The molecule has 19 heteroatoms. The number of H-pyrrole nitrogens is 1. The van der Waals surface area contributed by atoms with Crippen LogP contribution < -0.4 is 21.4 Å². The molecule has 3 rings (SSSR count). The molecule has 4 N–H and O–H groups in total. The number of nitrogens with zero attached hydrogens (tertiary/aromatic N) is 4. The summed E-state index contributed by atoms with van der Waals surface area (Å²) in [6.45, 7) is 1.20. The molecule has 2 aliphatic rings. The van der Waals surface area contributed by atoms with Crippen LogP contribution >= 0.6 is 7.67 Å². The van der Waals surface area contributed by atoms with Crippen LogP contribution in [0.2, 0.25) is 0 Å². The van der Waals surface area contributed by atoms with E-state index in [-0.39, 0.29) is 25.4 Å². The number of aromatic nitrogens is 2. The van der Waals surface area contributed by atoms with Crippen LogP contribution in [0.1, 0.15) is 84.3 Å². The van der Waals surface area contributed by atoms with Crippen LogP contribution in [-0.4, -0.2) is 82.9 Å². The van der Waals surface area contributed by atoms with Gasteiger partial charge in [0.15, 0.2) is 12.4 Å². The summed E-state index contributed by atoms with van der Waals surface area (Å²) in [6.07, 6.45) is 2.54. The quantitative estimate of drug-likeness (QED) is 0.0435. The van der Waals surface area contributed by atoms with Gasteiger partial charge in [-0.3, -0.25) is 28.5 Å². The summed E-state index contributed by atoms with van der Waals surface area (Å²) >= 11 is 0. The van der Waals surface area contributed by atoms with E-state index >= 15 is 4.39 Å². The maximum Gasteiger partial charge on any atom is 0.342 e. The molecule has 0 amide bonds. The van der Waals surface area contributed by atoms with Gasteiger partial charge >= 0.3 is 25.3 Å². The van der Waals surface area contributed by atoms with Crippen molar-refractivity contribution in [2.24, 2.45) is 5.11 Å². The fourth-order valence-electron chi connectivity index (χ4n) is 5.30. The molecule has 264 valence electrons. The Morgan fingerprint density at radius 3 is 2.09 bits per heavy atom. The summed E-state index contributed by atoms with van der Waals surface area (Å²) in [5.74, 6) is -1.43. The van der Waals surface area contributed by atoms with Crippen molar-refractivity contribution in [2.45, 2.75) is 121 Å². The second-order valence-corrected chi connectivity index (χ2v) is 13.6. The number of aliphatic hydroxyl groups is 1. The van der Waals surface area contributed by atoms with E-state index in [9.17, 15) is 28.8 Å². The number of aromatic amines is 1. The van der Waals surface area contributed by atoms with Crippen LogP contribution in [0.4, 0.5) is 4.39 Å². The van der Waals surface area contributed by atoms with Crippen LogP contribution in [-0.2, 0) is 32.9 Å². The number of carbonyl (C=O) groups excluding carboxylic acids is 2. The number of rotatable bonds is 18. The van der Waals surface area contributed by atoms with Crippen molar-refractivity contribution in [3.63, 3.8) is 0 Å². The molecule has 0 aromatic carbocycles. The average molecular weight is 690 g/mol. The van der Waals surface area contributed by atoms with Crippen molar-refractivity contribution in [3.05, 3.63) is 43.5 Å². The van der Waals surface area contributed by atoms with Crippen molar-refractivity contribution in [3.8, 4) is 0 Å². The maximum atomic E-state index is 15.7. The highest BCUT2D eigenvalue weighted by atomic mass is 31.2. The van der Waals surface area contributed by atoms with E-state index in [0.29, 0.717) is 30.3 Å². The number of nitrogens with one attached hydrogen (secondary N) is 3. The number of hydrogen-bond donors (Lipinski definition) is 4. The first-order valence-corrected chi connectivity index (χ1v) is 17.5. The molecule has 2 aliphatic carbocycles. The second kappa shape index (κ2) is 19.0. The largest absolute Gasteiger partial charge is 0.461 e. The molecule has 2 fully saturated rings. The van der Waals surface area contributed by atoms with Gasteiger partial charge in [-0.25, -0.2) is 19.4 Å². The lowest BCUT2D eigenvalue weighted by Gasteiger charge is -2.30. The Labute approximate surface area is 271 Å². The zero-order valence-corrected chi connectivity index (χ0v) is 27.5. The molecule has 47 heavy (non-hydrogen) atoms. The molecule has 0 bridgehead atoms. The van der Waals surface area contributed by atoms with Gasteiger partial charge in [0.05, 0.1) is 13.2 Å². The van der Waals surface area contributed by atoms with E-state index in [2.05, 4.69) is 20.2 Å². The third-order valence-corrected chi connectivity index (χ3v) is 9.81. The average Bonchev–Trinajstić information content (AvgIpc) is 3.04. The number of carbonyl (C=O) groups is 2. The van der Waals surface area contributed by atoms with Gasteiger partial charge in [-0.15, -0.1) is 0 Å². The van der Waals surface area contributed by atoms with Crippen LogP contribution in [0.25, 0.3) is 10.4 Å². The molecule has 0 saturated heterocycles. The lowest BCUT2D eigenvalue weighted by Crippen LogP contribution is -2.45. The molecule has 0 aliphatic heterocycles. The molecule has 1 aromatic heterocycles. The van der Waals surface area contributed by atoms with Gasteiger partial charge < -0.3 is 23.8 Å². The number of ether oxygens (including phenoxy) is 3. The summed E-state index contributed by atoms with van der Waals surface area (Å²) in [7, 11) is -4.43. The van der Waals surface area contributed by atoms with Gasteiger partial charge in [0, 0.05) is 23.7 Å². The van der Waals surface area contributed by atoms with Crippen molar-refractivity contribution in [2.75, 3.05) is 19.8 Å². The van der Waals surface area contributed by atoms with Gasteiger partial charge in [-0.05, 0) is 70.7 Å². The summed E-state index contributed by atoms with van der Waals surface area (Å²) in [4.78, 5) is 54.2. The zero-order valence-electron chi connectivity index (χ0n) is 26.6. The first-order chi connectivity index (χ1) is 22.4. The molecular formula is C28H45FN7O10P. The Hall–Kier alpha value is -3.11. The minimum absolute atomic E-state index is 0.239. The van der Waals surface area contributed by atoms with E-state index in [0.717, 1.165) is 50.8 Å². The summed E-state index contributed by atoms with van der Waals surface area (Å²) in [5, 5.41) is 19.1. The fourth-order valence-corrected chi connectivity index (χ4v) is 7.12. The first kappa shape index (κ1) is 38.3. The molecular weight excluding hydrogens is 644 g/mol. The van der Waals surface area contributed by atoms with E-state index in [4.69, 9.17) is 24.3 Å². The monoisotopic (exact) mass is 689 g/mol. The Kier molecular flexibility index (Phi) is 15.5. The molecule has 5 atom stereocenters. The van der Waals surface area contributed by atoms with Gasteiger partial charge in [0.2, 0.25) is 0 Å². The number of aliphatic hydroxyl groups excluding tert-OH is 1. The highest BCUT2D eigenvalue weighted by Gasteiger charge is 2.38. The van der Waals surface area contributed by atoms with Crippen LogP contribution in [0, 0.1) is 0 Å². The van der Waals surface area contributed by atoms with E-state index in [1.807, 2.05) is 4.98 Å². The Morgan fingerprint density at radius 2 is 1.60 bits per heavy atom. The Balaban J connectivity index is 1.75. The van der Waals surface area contributed by atoms with Crippen molar-refractivity contribution >= 4 is 19.6 Å². The van der Waals surface area contributed by atoms with E-state index in [1.54, 1.807) is 0 Å². The van der Waals surface area contributed by atoms with Crippen molar-refractivity contribution in [1.29, 1.82) is 0 Å². The van der Waals surface area contributed by atoms with Gasteiger partial charge in [-0.2, -0.15) is 0 Å². The number of alkyl halides is 1. The number of esters is 2. The van der Waals surface area contributed by atoms with Crippen molar-refractivity contribution < 1.29 is 42.4 Å². The molecule has 2 saturated carbocycles. The molecule has 0 radical (unpaired) electrons. The number of hydrogen-bond acceptors (Lipinski definition) is 11. The minimum Gasteiger partial charge on any atom is -0.461 e. The number of halogens is 1.